The van der Waals surface area contributed by atoms with Crippen LogP contribution in [0.2, 0.25) is 0 Å². The van der Waals surface area contributed by atoms with Crippen LogP contribution in [0.4, 0.5) is 0 Å². The van der Waals surface area contributed by atoms with Gasteiger partial charge in [-0.3, -0.25) is 4.90 Å². The zero-order valence-corrected chi connectivity index (χ0v) is 8.25. The molecule has 2 atom stereocenters. The third-order valence-corrected chi connectivity index (χ3v) is 2.49. The number of rotatable bonds is 2. The van der Waals surface area contributed by atoms with Crippen LogP contribution in [0.15, 0.2) is 0 Å². The van der Waals surface area contributed by atoms with Crippen molar-refractivity contribution >= 4 is 0 Å². The highest BCUT2D eigenvalue weighted by Crippen LogP contribution is 2.12. The number of hydrogen-bond acceptors (Lipinski definition) is 3. The first-order chi connectivity index (χ1) is 5.63. The number of piperazine rings is 1. The monoisotopic (exact) mass is 172 g/mol. The maximum atomic E-state index is 9.82. The Morgan fingerprint density at radius 3 is 2.67 bits per heavy atom. The molecule has 0 aromatic heterocycles. The van der Waals surface area contributed by atoms with Gasteiger partial charge < -0.3 is 10.4 Å². The average Bonchev–Trinajstić information content (AvgIpc) is 2.04. The van der Waals surface area contributed by atoms with Gasteiger partial charge >= 0.3 is 0 Å². The van der Waals surface area contributed by atoms with E-state index in [0.29, 0.717) is 12.0 Å². The van der Waals surface area contributed by atoms with Gasteiger partial charge in [0.25, 0.3) is 0 Å². The normalized spacial score (nSPS) is 29.2. The number of nitrogens with one attached hydrogen (secondary N) is 1. The lowest BCUT2D eigenvalue weighted by Crippen LogP contribution is -2.55. The van der Waals surface area contributed by atoms with Crippen LogP contribution in [-0.2, 0) is 0 Å². The lowest BCUT2D eigenvalue weighted by Gasteiger charge is -2.38. The summed E-state index contributed by atoms with van der Waals surface area (Å²) in [6.45, 7) is 9.20. The maximum absolute atomic E-state index is 9.82. The fraction of sp³-hybridized carbons (Fsp3) is 1.00. The van der Waals surface area contributed by atoms with Gasteiger partial charge in [0.2, 0.25) is 0 Å². The molecular formula is C9H20N2O. The Hall–Kier alpha value is -0.120. The first kappa shape index (κ1) is 9.96. The van der Waals surface area contributed by atoms with Gasteiger partial charge in [-0.15, -0.1) is 0 Å². The van der Waals surface area contributed by atoms with Crippen LogP contribution < -0.4 is 5.32 Å². The molecule has 2 N–H and O–H groups in total. The second-order valence-corrected chi connectivity index (χ2v) is 3.95. The van der Waals surface area contributed by atoms with Crippen LogP contribution in [0.1, 0.15) is 20.8 Å². The van der Waals surface area contributed by atoms with Crippen molar-refractivity contribution in [1.82, 2.24) is 10.2 Å². The van der Waals surface area contributed by atoms with Crippen LogP contribution in [-0.4, -0.2) is 41.9 Å². The van der Waals surface area contributed by atoms with Crippen molar-refractivity contribution in [3.8, 4) is 0 Å². The number of hydrogen-bond donors (Lipinski definition) is 2. The van der Waals surface area contributed by atoms with Crippen molar-refractivity contribution in [2.45, 2.75) is 33.0 Å². The molecule has 1 aliphatic heterocycles. The van der Waals surface area contributed by atoms with E-state index in [1.165, 1.54) is 0 Å². The van der Waals surface area contributed by atoms with E-state index in [4.69, 9.17) is 0 Å². The Morgan fingerprint density at radius 2 is 2.17 bits per heavy atom. The molecule has 2 unspecified atom stereocenters. The molecule has 1 fully saturated rings. The van der Waals surface area contributed by atoms with Gasteiger partial charge in [-0.1, -0.05) is 13.8 Å². The molecule has 1 saturated heterocycles. The summed E-state index contributed by atoms with van der Waals surface area (Å²) in [7, 11) is 0. The van der Waals surface area contributed by atoms with Crippen LogP contribution in [0, 0.1) is 5.92 Å². The average molecular weight is 172 g/mol. The van der Waals surface area contributed by atoms with Gasteiger partial charge in [0.05, 0.1) is 0 Å². The molecule has 1 heterocycles. The molecule has 0 bridgehead atoms. The van der Waals surface area contributed by atoms with E-state index in [1.807, 2.05) is 0 Å². The summed E-state index contributed by atoms with van der Waals surface area (Å²) in [6.07, 6.45) is -0.276. The summed E-state index contributed by atoms with van der Waals surface area (Å²) in [5.41, 5.74) is 0. The Morgan fingerprint density at radius 1 is 1.50 bits per heavy atom. The third-order valence-electron chi connectivity index (χ3n) is 2.49. The standard InChI is InChI=1S/C9H20N2O/c1-7(2)9(12)11-5-4-10-6-8(11)3/h7-10,12H,4-6H2,1-3H3. The minimum Gasteiger partial charge on any atom is -0.378 e. The molecule has 0 amide bonds. The second-order valence-electron chi connectivity index (χ2n) is 3.95. The second kappa shape index (κ2) is 4.21. The highest BCUT2D eigenvalue weighted by molar-refractivity contribution is 4.78. The van der Waals surface area contributed by atoms with Crippen molar-refractivity contribution in [1.29, 1.82) is 0 Å². The number of aliphatic hydroxyl groups is 1. The van der Waals surface area contributed by atoms with Crippen molar-refractivity contribution in [2.75, 3.05) is 19.6 Å². The minimum atomic E-state index is -0.276. The molecule has 12 heavy (non-hydrogen) atoms. The smallest absolute Gasteiger partial charge is 0.110 e. The Balaban J connectivity index is 2.47. The predicted octanol–water partition coefficient (Wildman–Crippen LogP) is 0.254. The highest BCUT2D eigenvalue weighted by Gasteiger charge is 2.25. The highest BCUT2D eigenvalue weighted by atomic mass is 16.3. The van der Waals surface area contributed by atoms with Crippen molar-refractivity contribution < 1.29 is 5.11 Å². The molecule has 1 rings (SSSR count). The molecule has 0 aliphatic carbocycles. The van der Waals surface area contributed by atoms with Crippen LogP contribution in [0.25, 0.3) is 0 Å². The Labute approximate surface area is 74.8 Å². The van der Waals surface area contributed by atoms with Crippen LogP contribution >= 0.6 is 0 Å². The molecule has 0 spiro atoms. The number of aliphatic hydroxyl groups excluding tert-OH is 1. The summed E-state index contributed by atoms with van der Waals surface area (Å²) >= 11 is 0. The molecule has 72 valence electrons. The lowest BCUT2D eigenvalue weighted by atomic mass is 10.1. The fourth-order valence-corrected chi connectivity index (χ4v) is 1.63. The topological polar surface area (TPSA) is 35.5 Å². The first-order valence-corrected chi connectivity index (χ1v) is 4.77. The fourth-order valence-electron chi connectivity index (χ4n) is 1.63. The molecule has 3 heteroatoms. The van der Waals surface area contributed by atoms with E-state index in [-0.39, 0.29) is 6.23 Å². The van der Waals surface area contributed by atoms with E-state index < -0.39 is 0 Å². The van der Waals surface area contributed by atoms with Crippen molar-refractivity contribution in [2.24, 2.45) is 5.92 Å². The van der Waals surface area contributed by atoms with E-state index in [2.05, 4.69) is 31.0 Å². The number of nitrogens with zero attached hydrogens (tertiary/aromatic N) is 1. The predicted molar refractivity (Wildman–Crippen MR) is 49.9 cm³/mol. The summed E-state index contributed by atoms with van der Waals surface area (Å²) in [5, 5.41) is 13.1. The minimum absolute atomic E-state index is 0.276. The molecule has 3 nitrogen and oxygen atoms in total. The molecule has 0 saturated carbocycles. The summed E-state index contributed by atoms with van der Waals surface area (Å²) in [6, 6.07) is 0.455. The Bertz CT molecular complexity index is 138. The van der Waals surface area contributed by atoms with Crippen LogP contribution in [0.3, 0.4) is 0 Å². The van der Waals surface area contributed by atoms with Gasteiger partial charge in [0.15, 0.2) is 0 Å². The summed E-state index contributed by atoms with van der Waals surface area (Å²) in [5.74, 6) is 0.325. The van der Waals surface area contributed by atoms with E-state index in [9.17, 15) is 5.11 Å². The van der Waals surface area contributed by atoms with Gasteiger partial charge in [0.1, 0.15) is 6.23 Å². The molecule has 1 aliphatic rings. The Kier molecular flexibility index (Phi) is 3.50. The lowest BCUT2D eigenvalue weighted by molar-refractivity contribution is -0.0585. The van der Waals surface area contributed by atoms with Gasteiger partial charge in [-0.2, -0.15) is 0 Å². The molecule has 0 radical (unpaired) electrons. The van der Waals surface area contributed by atoms with Gasteiger partial charge in [0, 0.05) is 25.7 Å². The van der Waals surface area contributed by atoms with Crippen molar-refractivity contribution in [3.63, 3.8) is 0 Å². The maximum Gasteiger partial charge on any atom is 0.110 e. The largest absolute Gasteiger partial charge is 0.378 e. The molecule has 0 aromatic rings. The van der Waals surface area contributed by atoms with E-state index in [1.54, 1.807) is 0 Å². The van der Waals surface area contributed by atoms with Crippen molar-refractivity contribution in [3.05, 3.63) is 0 Å². The van der Waals surface area contributed by atoms with Gasteiger partial charge in [-0.25, -0.2) is 0 Å². The third kappa shape index (κ3) is 2.19. The zero-order chi connectivity index (χ0) is 9.14. The van der Waals surface area contributed by atoms with E-state index in [0.717, 1.165) is 19.6 Å². The van der Waals surface area contributed by atoms with Gasteiger partial charge in [-0.05, 0) is 12.8 Å². The summed E-state index contributed by atoms with van der Waals surface area (Å²) in [4.78, 5) is 2.17. The first-order valence-electron chi connectivity index (χ1n) is 4.77. The molecule has 0 aromatic carbocycles. The quantitative estimate of drug-likeness (QED) is 0.627. The summed E-state index contributed by atoms with van der Waals surface area (Å²) < 4.78 is 0. The zero-order valence-electron chi connectivity index (χ0n) is 8.25. The van der Waals surface area contributed by atoms with Crippen LogP contribution in [0.5, 0.6) is 0 Å². The van der Waals surface area contributed by atoms with E-state index >= 15 is 0 Å². The molecular weight excluding hydrogens is 152 g/mol. The SMILES string of the molecule is CC(C)C(O)N1CCNCC1C.